The number of nitrogens with one attached hydrogen (secondary N) is 2. The lowest BCUT2D eigenvalue weighted by Gasteiger charge is -2.20. The van der Waals surface area contributed by atoms with Gasteiger partial charge in [0.1, 0.15) is 0 Å². The minimum atomic E-state index is -3.65. The SMILES string of the molecule is CC(C)(C)NS(=O)(=O)c1ccc(C(=O)Nc2ccn(Cc3ccncc3)n2)cc1. The zero-order valence-corrected chi connectivity index (χ0v) is 17.3. The predicted molar refractivity (Wildman–Crippen MR) is 110 cm³/mol. The van der Waals surface area contributed by atoms with Crippen LogP contribution in [0.5, 0.6) is 0 Å². The Morgan fingerprint density at radius 1 is 1.03 bits per heavy atom. The molecular formula is C20H23N5O3S. The van der Waals surface area contributed by atoms with E-state index in [9.17, 15) is 13.2 Å². The summed E-state index contributed by atoms with van der Waals surface area (Å²) in [5, 5.41) is 7.04. The van der Waals surface area contributed by atoms with E-state index in [-0.39, 0.29) is 10.8 Å². The van der Waals surface area contributed by atoms with Crippen LogP contribution in [0.2, 0.25) is 0 Å². The summed E-state index contributed by atoms with van der Waals surface area (Å²) in [7, 11) is -3.65. The van der Waals surface area contributed by atoms with Gasteiger partial charge in [-0.15, -0.1) is 0 Å². The van der Waals surface area contributed by atoms with Crippen molar-refractivity contribution in [1.29, 1.82) is 0 Å². The molecular weight excluding hydrogens is 390 g/mol. The van der Waals surface area contributed by atoms with Gasteiger partial charge in [-0.25, -0.2) is 13.1 Å². The van der Waals surface area contributed by atoms with Crippen molar-refractivity contribution in [3.8, 4) is 0 Å². The quantitative estimate of drug-likeness (QED) is 0.646. The summed E-state index contributed by atoms with van der Waals surface area (Å²) in [5.41, 5.74) is 0.786. The topological polar surface area (TPSA) is 106 Å². The number of nitrogens with zero attached hydrogens (tertiary/aromatic N) is 3. The fraction of sp³-hybridized carbons (Fsp3) is 0.250. The van der Waals surface area contributed by atoms with Crippen LogP contribution in [0.25, 0.3) is 0 Å². The summed E-state index contributed by atoms with van der Waals surface area (Å²) in [6.45, 7) is 5.85. The third kappa shape index (κ3) is 5.72. The molecule has 0 aliphatic carbocycles. The lowest BCUT2D eigenvalue weighted by molar-refractivity contribution is 0.102. The molecule has 2 N–H and O–H groups in total. The first-order chi connectivity index (χ1) is 13.6. The average molecular weight is 414 g/mol. The molecule has 0 atom stereocenters. The van der Waals surface area contributed by atoms with Gasteiger partial charge in [-0.3, -0.25) is 14.5 Å². The Balaban J connectivity index is 1.66. The van der Waals surface area contributed by atoms with E-state index in [4.69, 9.17) is 0 Å². The van der Waals surface area contributed by atoms with Crippen LogP contribution < -0.4 is 10.0 Å². The van der Waals surface area contributed by atoms with Gasteiger partial charge in [0.05, 0.1) is 11.4 Å². The van der Waals surface area contributed by atoms with Crippen LogP contribution in [0.4, 0.5) is 5.82 Å². The minimum absolute atomic E-state index is 0.102. The van der Waals surface area contributed by atoms with Crippen molar-refractivity contribution in [3.63, 3.8) is 0 Å². The van der Waals surface area contributed by atoms with Crippen molar-refractivity contribution >= 4 is 21.7 Å². The number of sulfonamides is 1. The lowest BCUT2D eigenvalue weighted by atomic mass is 10.1. The van der Waals surface area contributed by atoms with Crippen molar-refractivity contribution in [3.05, 3.63) is 72.2 Å². The Bertz CT molecular complexity index is 1090. The Hall–Kier alpha value is -3.04. The van der Waals surface area contributed by atoms with E-state index in [2.05, 4.69) is 20.1 Å². The fourth-order valence-electron chi connectivity index (χ4n) is 2.63. The molecule has 152 valence electrons. The molecule has 2 heterocycles. The van der Waals surface area contributed by atoms with Crippen molar-refractivity contribution in [1.82, 2.24) is 19.5 Å². The maximum absolute atomic E-state index is 12.4. The zero-order valence-electron chi connectivity index (χ0n) is 16.5. The summed E-state index contributed by atoms with van der Waals surface area (Å²) >= 11 is 0. The number of aromatic nitrogens is 3. The number of benzene rings is 1. The molecule has 0 bridgehead atoms. The molecule has 1 amide bonds. The highest BCUT2D eigenvalue weighted by atomic mass is 32.2. The van der Waals surface area contributed by atoms with Crippen LogP contribution in [0, 0.1) is 0 Å². The molecule has 0 spiro atoms. The lowest BCUT2D eigenvalue weighted by Crippen LogP contribution is -2.40. The fourth-order valence-corrected chi connectivity index (χ4v) is 4.05. The van der Waals surface area contributed by atoms with Gasteiger partial charge in [-0.05, 0) is 62.7 Å². The van der Waals surface area contributed by atoms with E-state index >= 15 is 0 Å². The second-order valence-electron chi connectivity index (χ2n) is 7.59. The standard InChI is InChI=1S/C20H23N5O3S/c1-20(2,3)24-29(27,28)17-6-4-16(5-7-17)19(26)22-18-10-13-25(23-18)14-15-8-11-21-12-9-15/h4-13,24H,14H2,1-3H3,(H,22,23,26). The Kier molecular flexibility index (Phi) is 5.81. The number of hydrogen-bond acceptors (Lipinski definition) is 5. The zero-order chi connectivity index (χ0) is 21.1. The molecule has 29 heavy (non-hydrogen) atoms. The smallest absolute Gasteiger partial charge is 0.256 e. The molecule has 9 heteroatoms. The number of amides is 1. The molecule has 0 aliphatic heterocycles. The van der Waals surface area contributed by atoms with Gasteiger partial charge in [0.25, 0.3) is 5.91 Å². The maximum Gasteiger partial charge on any atom is 0.256 e. The van der Waals surface area contributed by atoms with Crippen molar-refractivity contribution in [2.24, 2.45) is 0 Å². The van der Waals surface area contributed by atoms with E-state index in [0.29, 0.717) is 17.9 Å². The highest BCUT2D eigenvalue weighted by Gasteiger charge is 2.22. The van der Waals surface area contributed by atoms with Crippen molar-refractivity contribution < 1.29 is 13.2 Å². The number of carbonyl (C=O) groups is 1. The summed E-state index contributed by atoms with van der Waals surface area (Å²) in [4.78, 5) is 16.5. The van der Waals surface area contributed by atoms with Crippen LogP contribution >= 0.6 is 0 Å². The first-order valence-corrected chi connectivity index (χ1v) is 10.5. The molecule has 8 nitrogen and oxygen atoms in total. The monoisotopic (exact) mass is 413 g/mol. The van der Waals surface area contributed by atoms with E-state index in [0.717, 1.165) is 5.56 Å². The normalized spacial score (nSPS) is 12.0. The third-order valence-electron chi connectivity index (χ3n) is 3.84. The third-order valence-corrected chi connectivity index (χ3v) is 5.62. The number of hydrogen-bond donors (Lipinski definition) is 2. The number of carbonyl (C=O) groups excluding carboxylic acids is 1. The van der Waals surface area contributed by atoms with Gasteiger partial charge < -0.3 is 5.32 Å². The molecule has 2 aromatic heterocycles. The molecule has 0 aliphatic rings. The van der Waals surface area contributed by atoms with Gasteiger partial charge in [0.2, 0.25) is 10.0 Å². The summed E-state index contributed by atoms with van der Waals surface area (Å²) < 4.78 is 29.0. The van der Waals surface area contributed by atoms with E-state index in [1.54, 1.807) is 50.1 Å². The van der Waals surface area contributed by atoms with Crippen LogP contribution in [0.1, 0.15) is 36.7 Å². The number of pyridine rings is 1. The predicted octanol–water partition coefficient (Wildman–Crippen LogP) is 2.66. The Morgan fingerprint density at radius 2 is 1.69 bits per heavy atom. The molecule has 0 saturated heterocycles. The van der Waals surface area contributed by atoms with Crippen LogP contribution in [-0.2, 0) is 16.6 Å². The van der Waals surface area contributed by atoms with E-state index in [1.165, 1.54) is 24.3 Å². The van der Waals surface area contributed by atoms with Crippen molar-refractivity contribution in [2.75, 3.05) is 5.32 Å². The molecule has 0 unspecified atom stereocenters. The van der Waals surface area contributed by atoms with Gasteiger partial charge in [-0.2, -0.15) is 5.10 Å². The van der Waals surface area contributed by atoms with Gasteiger partial charge >= 0.3 is 0 Å². The average Bonchev–Trinajstić information content (AvgIpc) is 3.07. The van der Waals surface area contributed by atoms with Crippen LogP contribution in [-0.4, -0.2) is 34.6 Å². The Morgan fingerprint density at radius 3 is 2.31 bits per heavy atom. The first kappa shape index (κ1) is 20.7. The molecule has 3 rings (SSSR count). The van der Waals surface area contributed by atoms with E-state index < -0.39 is 15.6 Å². The Labute approximate surface area is 170 Å². The maximum atomic E-state index is 12.4. The van der Waals surface area contributed by atoms with Gasteiger partial charge in [0, 0.05) is 35.8 Å². The first-order valence-electron chi connectivity index (χ1n) is 9.00. The molecule has 1 aromatic carbocycles. The van der Waals surface area contributed by atoms with E-state index in [1.807, 2.05) is 12.1 Å². The highest BCUT2D eigenvalue weighted by Crippen LogP contribution is 2.15. The second-order valence-corrected chi connectivity index (χ2v) is 9.27. The summed E-state index contributed by atoms with van der Waals surface area (Å²) in [5.74, 6) is 0.0436. The largest absolute Gasteiger partial charge is 0.305 e. The second kappa shape index (κ2) is 8.14. The highest BCUT2D eigenvalue weighted by molar-refractivity contribution is 7.89. The molecule has 0 saturated carbocycles. The van der Waals surface area contributed by atoms with Crippen LogP contribution in [0.3, 0.4) is 0 Å². The number of rotatable bonds is 6. The molecule has 3 aromatic rings. The van der Waals surface area contributed by atoms with Crippen LogP contribution in [0.15, 0.2) is 66.0 Å². The van der Waals surface area contributed by atoms with Crippen molar-refractivity contribution in [2.45, 2.75) is 37.8 Å². The molecule has 0 radical (unpaired) electrons. The summed E-state index contributed by atoms with van der Waals surface area (Å²) in [6, 6.07) is 11.2. The van der Waals surface area contributed by atoms with Gasteiger partial charge in [0.15, 0.2) is 5.82 Å². The number of anilines is 1. The summed E-state index contributed by atoms with van der Waals surface area (Å²) in [6.07, 6.45) is 5.19. The van der Waals surface area contributed by atoms with Gasteiger partial charge in [-0.1, -0.05) is 0 Å². The molecule has 0 fully saturated rings. The minimum Gasteiger partial charge on any atom is -0.305 e.